The number of nitrogens with zero attached hydrogens (tertiary/aromatic N) is 3. The smallest absolute Gasteiger partial charge is 0.261 e. The summed E-state index contributed by atoms with van der Waals surface area (Å²) in [7, 11) is 0. The van der Waals surface area contributed by atoms with Crippen LogP contribution in [0, 0.1) is 0 Å². The van der Waals surface area contributed by atoms with Gasteiger partial charge in [-0.15, -0.1) is 0 Å². The third-order valence-electron chi connectivity index (χ3n) is 6.56. The molecule has 3 heterocycles. The highest BCUT2D eigenvalue weighted by Crippen LogP contribution is 2.31. The monoisotopic (exact) mass is 418 g/mol. The predicted molar refractivity (Wildman–Crippen MR) is 117 cm³/mol. The molecule has 5 rings (SSSR count). The van der Waals surface area contributed by atoms with E-state index in [-0.39, 0.29) is 23.8 Å². The van der Waals surface area contributed by atoms with Gasteiger partial charge in [-0.25, -0.2) is 4.98 Å². The van der Waals surface area contributed by atoms with E-state index in [4.69, 9.17) is 0 Å². The van der Waals surface area contributed by atoms with Gasteiger partial charge >= 0.3 is 0 Å². The minimum atomic E-state index is -0.324. The maximum atomic E-state index is 13.0. The van der Waals surface area contributed by atoms with Gasteiger partial charge in [0.25, 0.3) is 17.7 Å². The standard InChI is InChI=1S/C24H26N4O3/c29-22(26-17-9-11-21(25-15-17)27-12-4-5-13-27)16-8-10-19-20(14-16)24(31)28(23(19)30)18-6-2-1-3-7-18/h8-11,14-15,18H,1-7,12-13H2,(H,26,29). The summed E-state index contributed by atoms with van der Waals surface area (Å²) in [6.45, 7) is 2.02. The van der Waals surface area contributed by atoms with Crippen LogP contribution in [0.2, 0.25) is 0 Å². The molecular weight excluding hydrogens is 392 g/mol. The number of nitrogens with one attached hydrogen (secondary N) is 1. The number of fused-ring (bicyclic) bond motifs is 1. The van der Waals surface area contributed by atoms with Gasteiger partial charge < -0.3 is 10.2 Å². The van der Waals surface area contributed by atoms with E-state index in [0.717, 1.165) is 51.0 Å². The topological polar surface area (TPSA) is 82.6 Å². The van der Waals surface area contributed by atoms with E-state index in [2.05, 4.69) is 15.2 Å². The molecule has 7 nitrogen and oxygen atoms in total. The molecule has 1 aromatic carbocycles. The van der Waals surface area contributed by atoms with Gasteiger partial charge in [-0.2, -0.15) is 0 Å². The lowest BCUT2D eigenvalue weighted by Gasteiger charge is -2.29. The number of carbonyl (C=O) groups excluding carboxylic acids is 3. The summed E-state index contributed by atoms with van der Waals surface area (Å²) in [5, 5.41) is 2.84. The van der Waals surface area contributed by atoms with E-state index < -0.39 is 0 Å². The molecule has 31 heavy (non-hydrogen) atoms. The van der Waals surface area contributed by atoms with Gasteiger partial charge in [-0.3, -0.25) is 19.3 Å². The highest BCUT2D eigenvalue weighted by molar-refractivity contribution is 6.22. The van der Waals surface area contributed by atoms with Crippen LogP contribution in [-0.2, 0) is 0 Å². The summed E-state index contributed by atoms with van der Waals surface area (Å²) < 4.78 is 0. The van der Waals surface area contributed by atoms with Crippen LogP contribution in [0.15, 0.2) is 36.5 Å². The van der Waals surface area contributed by atoms with Gasteiger partial charge in [0.05, 0.1) is 23.0 Å². The van der Waals surface area contributed by atoms with Gasteiger partial charge in [0.15, 0.2) is 0 Å². The Bertz CT molecular complexity index is 1020. The average Bonchev–Trinajstić information content (AvgIpc) is 3.42. The fraction of sp³-hybridized carbons (Fsp3) is 0.417. The molecule has 1 aromatic heterocycles. The van der Waals surface area contributed by atoms with E-state index in [0.29, 0.717) is 22.4 Å². The van der Waals surface area contributed by atoms with Crippen molar-refractivity contribution in [3.05, 3.63) is 53.2 Å². The number of pyridine rings is 1. The largest absolute Gasteiger partial charge is 0.357 e. The van der Waals surface area contributed by atoms with Crippen LogP contribution >= 0.6 is 0 Å². The number of hydrogen-bond acceptors (Lipinski definition) is 5. The lowest BCUT2D eigenvalue weighted by molar-refractivity contribution is 0.0549. The van der Waals surface area contributed by atoms with Crippen molar-refractivity contribution in [1.82, 2.24) is 9.88 Å². The molecule has 0 bridgehead atoms. The van der Waals surface area contributed by atoms with E-state index in [1.807, 2.05) is 12.1 Å². The van der Waals surface area contributed by atoms with Crippen LogP contribution < -0.4 is 10.2 Å². The average molecular weight is 418 g/mol. The Hall–Kier alpha value is -3.22. The van der Waals surface area contributed by atoms with Crippen molar-refractivity contribution >= 4 is 29.2 Å². The molecule has 3 aliphatic rings. The van der Waals surface area contributed by atoms with Crippen molar-refractivity contribution in [1.29, 1.82) is 0 Å². The molecule has 3 amide bonds. The van der Waals surface area contributed by atoms with Crippen molar-refractivity contribution < 1.29 is 14.4 Å². The molecule has 0 atom stereocenters. The predicted octanol–water partition coefficient (Wildman–Crippen LogP) is 3.86. The van der Waals surface area contributed by atoms with Gasteiger partial charge in [-0.05, 0) is 56.0 Å². The first kappa shape index (κ1) is 19.7. The molecule has 0 spiro atoms. The zero-order chi connectivity index (χ0) is 21.4. The molecule has 1 aliphatic carbocycles. The summed E-state index contributed by atoms with van der Waals surface area (Å²) in [6, 6.07) is 8.47. The SMILES string of the molecule is O=C(Nc1ccc(N2CCCC2)nc1)c1ccc2c(c1)C(=O)N(C1CCCCC1)C2=O. The van der Waals surface area contributed by atoms with Crippen LogP contribution in [-0.4, -0.2) is 46.7 Å². The molecule has 0 radical (unpaired) electrons. The number of amides is 3. The second-order valence-corrected chi connectivity index (χ2v) is 8.59. The fourth-order valence-corrected chi connectivity index (χ4v) is 4.87. The number of anilines is 2. The highest BCUT2D eigenvalue weighted by Gasteiger charge is 2.40. The quantitative estimate of drug-likeness (QED) is 0.763. The van der Waals surface area contributed by atoms with Crippen molar-refractivity contribution in [2.75, 3.05) is 23.3 Å². The van der Waals surface area contributed by atoms with E-state index in [9.17, 15) is 14.4 Å². The zero-order valence-electron chi connectivity index (χ0n) is 17.5. The van der Waals surface area contributed by atoms with Crippen molar-refractivity contribution in [3.8, 4) is 0 Å². The molecule has 2 aromatic rings. The van der Waals surface area contributed by atoms with E-state index >= 15 is 0 Å². The number of rotatable bonds is 4. The van der Waals surface area contributed by atoms with Gasteiger partial charge in [-0.1, -0.05) is 19.3 Å². The van der Waals surface area contributed by atoms with Crippen LogP contribution in [0.5, 0.6) is 0 Å². The fourth-order valence-electron chi connectivity index (χ4n) is 4.87. The minimum Gasteiger partial charge on any atom is -0.357 e. The van der Waals surface area contributed by atoms with Gasteiger partial charge in [0.1, 0.15) is 5.82 Å². The number of imide groups is 1. The molecule has 1 saturated heterocycles. The van der Waals surface area contributed by atoms with Crippen LogP contribution in [0.3, 0.4) is 0 Å². The molecule has 0 unspecified atom stereocenters. The van der Waals surface area contributed by atoms with Gasteiger partial charge in [0, 0.05) is 24.7 Å². The Labute approximate surface area is 181 Å². The maximum Gasteiger partial charge on any atom is 0.261 e. The second-order valence-electron chi connectivity index (χ2n) is 8.59. The molecule has 7 heteroatoms. The Morgan fingerprint density at radius 3 is 2.35 bits per heavy atom. The Kier molecular flexibility index (Phi) is 5.18. The van der Waals surface area contributed by atoms with E-state index in [1.165, 1.54) is 17.7 Å². The summed E-state index contributed by atoms with van der Waals surface area (Å²) in [6.07, 6.45) is 8.96. The first-order chi connectivity index (χ1) is 15.1. The number of carbonyl (C=O) groups is 3. The first-order valence-electron chi connectivity index (χ1n) is 11.2. The Morgan fingerprint density at radius 1 is 0.903 bits per heavy atom. The molecule has 2 aliphatic heterocycles. The summed E-state index contributed by atoms with van der Waals surface area (Å²) in [5.74, 6) is 0.0774. The minimum absolute atomic E-state index is 0.0291. The Morgan fingerprint density at radius 2 is 1.65 bits per heavy atom. The number of benzene rings is 1. The highest BCUT2D eigenvalue weighted by atomic mass is 16.2. The molecular formula is C24H26N4O3. The third-order valence-corrected chi connectivity index (χ3v) is 6.56. The van der Waals surface area contributed by atoms with Crippen molar-refractivity contribution in [2.45, 2.75) is 51.0 Å². The molecule has 2 fully saturated rings. The van der Waals surface area contributed by atoms with Crippen LogP contribution in [0.25, 0.3) is 0 Å². The van der Waals surface area contributed by atoms with Crippen molar-refractivity contribution in [2.24, 2.45) is 0 Å². The van der Waals surface area contributed by atoms with Gasteiger partial charge in [0.2, 0.25) is 0 Å². The Balaban J connectivity index is 1.31. The lowest BCUT2D eigenvalue weighted by Crippen LogP contribution is -2.40. The molecule has 160 valence electrons. The zero-order valence-corrected chi connectivity index (χ0v) is 17.5. The number of aromatic nitrogens is 1. The molecule has 1 N–H and O–H groups in total. The summed E-state index contributed by atoms with van der Waals surface area (Å²) >= 11 is 0. The van der Waals surface area contributed by atoms with Crippen LogP contribution in [0.4, 0.5) is 11.5 Å². The second kappa shape index (κ2) is 8.13. The van der Waals surface area contributed by atoms with Crippen molar-refractivity contribution in [3.63, 3.8) is 0 Å². The lowest BCUT2D eigenvalue weighted by atomic mass is 9.94. The van der Waals surface area contributed by atoms with Crippen LogP contribution in [0.1, 0.15) is 76.0 Å². The summed E-state index contributed by atoms with van der Waals surface area (Å²) in [4.78, 5) is 46.6. The first-order valence-corrected chi connectivity index (χ1v) is 11.2. The normalized spacial score (nSPS) is 19.1. The summed E-state index contributed by atoms with van der Waals surface area (Å²) in [5.41, 5.74) is 1.67. The third kappa shape index (κ3) is 3.69. The van der Waals surface area contributed by atoms with E-state index in [1.54, 1.807) is 24.4 Å². The maximum absolute atomic E-state index is 13.0. The molecule has 1 saturated carbocycles. The number of hydrogen-bond donors (Lipinski definition) is 1.